The fourth-order valence-electron chi connectivity index (χ4n) is 2.93. The molecule has 2 aromatic heterocycles. The number of anilines is 1. The normalized spacial score (nSPS) is 12.4. The van der Waals surface area contributed by atoms with Gasteiger partial charge in [-0.1, -0.05) is 23.9 Å². The van der Waals surface area contributed by atoms with Gasteiger partial charge in [-0.25, -0.2) is 8.78 Å². The molecule has 148 valence electrons. The van der Waals surface area contributed by atoms with E-state index in [0.29, 0.717) is 21.8 Å². The largest absolute Gasteiger partial charge is 0.323 e. The molecule has 10 heteroatoms. The minimum absolute atomic E-state index is 0.204. The van der Waals surface area contributed by atoms with E-state index in [0.717, 1.165) is 30.0 Å². The quantitative estimate of drug-likeness (QED) is 0.519. The molecule has 0 radical (unpaired) electrons. The number of hydrogen-bond donors (Lipinski definition) is 1. The van der Waals surface area contributed by atoms with E-state index in [-0.39, 0.29) is 11.2 Å². The number of thioether (sulfide) groups is 1. The van der Waals surface area contributed by atoms with Gasteiger partial charge in [0, 0.05) is 13.1 Å². The summed E-state index contributed by atoms with van der Waals surface area (Å²) >= 11 is 1.09. The monoisotopic (exact) mass is 415 g/mol. The number of carbonyl (C=O) groups is 1. The van der Waals surface area contributed by atoms with E-state index in [1.807, 2.05) is 0 Å². The van der Waals surface area contributed by atoms with E-state index in [9.17, 15) is 18.4 Å². The highest BCUT2D eigenvalue weighted by molar-refractivity contribution is 8.00. The first-order chi connectivity index (χ1) is 13.9. The number of fused-ring (bicyclic) bond motifs is 3. The topological polar surface area (TPSA) is 81.3 Å². The van der Waals surface area contributed by atoms with Gasteiger partial charge in [0.05, 0.1) is 21.8 Å². The maximum absolute atomic E-state index is 13.8. The van der Waals surface area contributed by atoms with Crippen molar-refractivity contribution in [2.24, 2.45) is 7.05 Å². The molecule has 0 saturated heterocycles. The van der Waals surface area contributed by atoms with Crippen LogP contribution in [0.15, 0.2) is 52.4 Å². The van der Waals surface area contributed by atoms with E-state index in [1.54, 1.807) is 42.6 Å². The van der Waals surface area contributed by atoms with Crippen molar-refractivity contribution < 1.29 is 13.6 Å². The summed E-state index contributed by atoms with van der Waals surface area (Å²) in [6.45, 7) is 1.61. The molecule has 1 amide bonds. The van der Waals surface area contributed by atoms with Gasteiger partial charge in [0.25, 0.3) is 5.56 Å². The van der Waals surface area contributed by atoms with Crippen LogP contribution in [0.2, 0.25) is 0 Å². The Labute approximate surface area is 167 Å². The summed E-state index contributed by atoms with van der Waals surface area (Å²) in [6.07, 6.45) is 0. The first-order valence-corrected chi connectivity index (χ1v) is 9.50. The molecule has 29 heavy (non-hydrogen) atoms. The number of nitrogens with zero attached hydrogens (tertiary/aromatic N) is 4. The second-order valence-electron chi connectivity index (χ2n) is 6.37. The van der Waals surface area contributed by atoms with Crippen LogP contribution in [0.25, 0.3) is 16.7 Å². The molecule has 1 N–H and O–H groups in total. The average molecular weight is 415 g/mol. The van der Waals surface area contributed by atoms with Crippen LogP contribution in [-0.4, -0.2) is 30.3 Å². The lowest BCUT2D eigenvalue weighted by molar-refractivity contribution is -0.115. The number of para-hydroxylation sites is 1. The molecule has 0 fully saturated rings. The number of amides is 1. The zero-order valence-corrected chi connectivity index (χ0v) is 16.2. The fourth-order valence-corrected chi connectivity index (χ4v) is 3.78. The van der Waals surface area contributed by atoms with Crippen molar-refractivity contribution in [1.29, 1.82) is 0 Å². The highest BCUT2D eigenvalue weighted by atomic mass is 32.2. The van der Waals surface area contributed by atoms with Crippen molar-refractivity contribution in [1.82, 2.24) is 19.2 Å². The Bertz CT molecular complexity index is 1320. The molecule has 2 heterocycles. The van der Waals surface area contributed by atoms with Crippen LogP contribution < -0.4 is 10.9 Å². The lowest BCUT2D eigenvalue weighted by Gasteiger charge is -2.12. The summed E-state index contributed by atoms with van der Waals surface area (Å²) in [7, 11) is 1.59. The maximum atomic E-state index is 13.8. The van der Waals surface area contributed by atoms with Crippen LogP contribution in [0, 0.1) is 11.6 Å². The van der Waals surface area contributed by atoms with Gasteiger partial charge >= 0.3 is 0 Å². The Morgan fingerprint density at radius 1 is 1.17 bits per heavy atom. The highest BCUT2D eigenvalue weighted by Gasteiger charge is 2.21. The third kappa shape index (κ3) is 3.35. The van der Waals surface area contributed by atoms with Crippen molar-refractivity contribution in [2.45, 2.75) is 17.3 Å². The Hall–Kier alpha value is -3.27. The molecule has 0 aliphatic rings. The number of hydrogen-bond acceptors (Lipinski definition) is 5. The summed E-state index contributed by atoms with van der Waals surface area (Å²) in [6, 6.07) is 9.86. The Morgan fingerprint density at radius 2 is 1.93 bits per heavy atom. The molecule has 2 aromatic carbocycles. The van der Waals surface area contributed by atoms with Crippen LogP contribution in [0.4, 0.5) is 14.5 Å². The third-order valence-corrected chi connectivity index (χ3v) is 5.48. The van der Waals surface area contributed by atoms with Crippen molar-refractivity contribution >= 4 is 40.0 Å². The van der Waals surface area contributed by atoms with Gasteiger partial charge in [0.15, 0.2) is 5.16 Å². The number of halogens is 2. The summed E-state index contributed by atoms with van der Waals surface area (Å²) in [5.41, 5.74) is 0.174. The molecule has 0 bridgehead atoms. The standard InChI is InChI=1S/C19H15F2N5O2S/c1-10(16(27)22-14-9-11(20)7-8-13(14)21)29-19-24-23-18-25(2)17(28)12-5-3-4-6-15(12)26(18)19/h3-10H,1-2H3,(H,22,27). The molecular weight excluding hydrogens is 400 g/mol. The number of benzene rings is 2. The number of aryl methyl sites for hydroxylation is 1. The van der Waals surface area contributed by atoms with Gasteiger partial charge < -0.3 is 5.32 Å². The second-order valence-corrected chi connectivity index (χ2v) is 7.68. The van der Waals surface area contributed by atoms with Crippen LogP contribution in [0.3, 0.4) is 0 Å². The molecule has 4 aromatic rings. The third-order valence-electron chi connectivity index (χ3n) is 4.43. The van der Waals surface area contributed by atoms with Crippen molar-refractivity contribution in [3.05, 3.63) is 64.5 Å². The highest BCUT2D eigenvalue weighted by Crippen LogP contribution is 2.26. The Kier molecular flexibility index (Phi) is 4.79. The van der Waals surface area contributed by atoms with Gasteiger partial charge in [0.2, 0.25) is 11.7 Å². The SMILES string of the molecule is CC(Sc1nnc2n(C)c(=O)c3ccccc3n12)C(=O)Nc1cc(F)ccc1F. The number of rotatable bonds is 4. The lowest BCUT2D eigenvalue weighted by atomic mass is 10.2. The number of carbonyl (C=O) groups excluding carboxylic acids is 1. The zero-order valence-electron chi connectivity index (χ0n) is 15.4. The first kappa shape index (κ1) is 19.1. The van der Waals surface area contributed by atoms with E-state index < -0.39 is 22.8 Å². The molecule has 0 aliphatic heterocycles. The lowest BCUT2D eigenvalue weighted by Crippen LogP contribution is -2.23. The molecule has 0 saturated carbocycles. The van der Waals surface area contributed by atoms with Gasteiger partial charge in [-0.3, -0.25) is 18.6 Å². The van der Waals surface area contributed by atoms with E-state index in [4.69, 9.17) is 0 Å². The summed E-state index contributed by atoms with van der Waals surface area (Å²) in [5, 5.41) is 10.8. The maximum Gasteiger partial charge on any atom is 0.262 e. The molecule has 1 atom stereocenters. The predicted octanol–water partition coefficient (Wildman–Crippen LogP) is 2.98. The Morgan fingerprint density at radius 3 is 2.72 bits per heavy atom. The smallest absolute Gasteiger partial charge is 0.262 e. The van der Waals surface area contributed by atoms with E-state index >= 15 is 0 Å². The zero-order chi connectivity index (χ0) is 20.7. The summed E-state index contributed by atoms with van der Waals surface area (Å²) in [4.78, 5) is 25.0. The molecule has 4 rings (SSSR count). The Balaban J connectivity index is 1.68. The molecule has 0 aliphatic carbocycles. The van der Waals surface area contributed by atoms with Crippen molar-refractivity contribution in [3.63, 3.8) is 0 Å². The van der Waals surface area contributed by atoms with Crippen LogP contribution >= 0.6 is 11.8 Å². The number of aromatic nitrogens is 4. The van der Waals surface area contributed by atoms with Crippen LogP contribution in [0.1, 0.15) is 6.92 Å². The van der Waals surface area contributed by atoms with Crippen LogP contribution in [0.5, 0.6) is 0 Å². The predicted molar refractivity (Wildman–Crippen MR) is 106 cm³/mol. The second kappa shape index (κ2) is 7.28. The molecule has 1 unspecified atom stereocenters. The number of nitrogens with one attached hydrogen (secondary N) is 1. The van der Waals surface area contributed by atoms with Crippen molar-refractivity contribution in [3.8, 4) is 0 Å². The average Bonchev–Trinajstić information content (AvgIpc) is 3.12. The van der Waals surface area contributed by atoms with E-state index in [2.05, 4.69) is 15.5 Å². The molecule has 7 nitrogen and oxygen atoms in total. The summed E-state index contributed by atoms with van der Waals surface area (Å²) in [5.74, 6) is -1.57. The fraction of sp³-hybridized carbons (Fsp3) is 0.158. The van der Waals surface area contributed by atoms with Crippen LogP contribution in [-0.2, 0) is 11.8 Å². The molecular formula is C19H15F2N5O2S. The van der Waals surface area contributed by atoms with Gasteiger partial charge in [0.1, 0.15) is 11.6 Å². The minimum Gasteiger partial charge on any atom is -0.323 e. The van der Waals surface area contributed by atoms with E-state index in [1.165, 1.54) is 4.57 Å². The van der Waals surface area contributed by atoms with Gasteiger partial charge in [-0.2, -0.15) is 0 Å². The van der Waals surface area contributed by atoms with Crippen molar-refractivity contribution in [2.75, 3.05) is 5.32 Å². The van der Waals surface area contributed by atoms with Gasteiger partial charge in [-0.15, -0.1) is 10.2 Å². The van der Waals surface area contributed by atoms with Gasteiger partial charge in [-0.05, 0) is 31.2 Å². The summed E-state index contributed by atoms with van der Waals surface area (Å²) < 4.78 is 30.2. The minimum atomic E-state index is -0.731. The first-order valence-electron chi connectivity index (χ1n) is 8.62. The molecule has 0 spiro atoms.